The normalized spacial score (nSPS) is 14.8. The number of benzene rings is 1. The first-order valence-electron chi connectivity index (χ1n) is 7.09. The van der Waals surface area contributed by atoms with E-state index in [2.05, 4.69) is 31.8 Å². The SMILES string of the molecule is CC(c1ccccn1)C(O)c1ccccc1C(C)(C)C. The fourth-order valence-corrected chi connectivity index (χ4v) is 2.51. The Bertz CT molecular complexity index is 557. The molecular weight excluding hydrogens is 246 g/mol. The molecule has 0 amide bonds. The second-order valence-corrected chi connectivity index (χ2v) is 6.33. The largest absolute Gasteiger partial charge is 0.388 e. The van der Waals surface area contributed by atoms with Crippen LogP contribution in [0.25, 0.3) is 0 Å². The summed E-state index contributed by atoms with van der Waals surface area (Å²) in [4.78, 5) is 4.36. The summed E-state index contributed by atoms with van der Waals surface area (Å²) in [7, 11) is 0. The van der Waals surface area contributed by atoms with E-state index in [1.54, 1.807) is 6.20 Å². The predicted octanol–water partition coefficient (Wildman–Crippen LogP) is 4.22. The lowest BCUT2D eigenvalue weighted by Gasteiger charge is -2.27. The molecule has 0 saturated carbocycles. The number of pyridine rings is 1. The van der Waals surface area contributed by atoms with E-state index in [9.17, 15) is 5.11 Å². The van der Waals surface area contributed by atoms with Crippen LogP contribution in [0.3, 0.4) is 0 Å². The highest BCUT2D eigenvalue weighted by molar-refractivity contribution is 5.36. The van der Waals surface area contributed by atoms with Crippen LogP contribution in [0.2, 0.25) is 0 Å². The molecule has 20 heavy (non-hydrogen) atoms. The van der Waals surface area contributed by atoms with Crippen molar-refractivity contribution in [2.75, 3.05) is 0 Å². The first kappa shape index (κ1) is 14.7. The molecule has 2 unspecified atom stereocenters. The van der Waals surface area contributed by atoms with Gasteiger partial charge < -0.3 is 5.11 Å². The first-order chi connectivity index (χ1) is 9.41. The van der Waals surface area contributed by atoms with Crippen molar-refractivity contribution in [1.82, 2.24) is 4.98 Å². The summed E-state index contributed by atoms with van der Waals surface area (Å²) in [5.41, 5.74) is 3.12. The Balaban J connectivity index is 2.37. The molecule has 1 N–H and O–H groups in total. The van der Waals surface area contributed by atoms with Crippen molar-refractivity contribution in [2.45, 2.75) is 45.1 Å². The maximum absolute atomic E-state index is 10.7. The van der Waals surface area contributed by atoms with E-state index in [0.29, 0.717) is 0 Å². The average molecular weight is 269 g/mol. The molecule has 2 aromatic rings. The number of nitrogens with zero attached hydrogens (tertiary/aromatic N) is 1. The van der Waals surface area contributed by atoms with Gasteiger partial charge in [-0.05, 0) is 28.7 Å². The van der Waals surface area contributed by atoms with Crippen LogP contribution in [0.4, 0.5) is 0 Å². The summed E-state index contributed by atoms with van der Waals surface area (Å²) in [6.45, 7) is 8.53. The number of rotatable bonds is 3. The monoisotopic (exact) mass is 269 g/mol. The Kier molecular flexibility index (Phi) is 4.24. The van der Waals surface area contributed by atoms with E-state index in [0.717, 1.165) is 11.3 Å². The average Bonchev–Trinajstić information content (AvgIpc) is 2.46. The van der Waals surface area contributed by atoms with Gasteiger partial charge in [0.05, 0.1) is 6.10 Å². The number of aliphatic hydroxyl groups is 1. The zero-order chi connectivity index (χ0) is 14.8. The lowest BCUT2D eigenvalue weighted by Crippen LogP contribution is -2.18. The molecule has 0 saturated heterocycles. The molecule has 2 atom stereocenters. The molecule has 0 spiro atoms. The van der Waals surface area contributed by atoms with Crippen molar-refractivity contribution in [3.8, 4) is 0 Å². The van der Waals surface area contributed by atoms with Gasteiger partial charge in [-0.1, -0.05) is 58.0 Å². The number of hydrogen-bond donors (Lipinski definition) is 1. The van der Waals surface area contributed by atoms with Crippen LogP contribution in [0.5, 0.6) is 0 Å². The smallest absolute Gasteiger partial charge is 0.0873 e. The zero-order valence-electron chi connectivity index (χ0n) is 12.7. The molecule has 0 fully saturated rings. The molecule has 0 bridgehead atoms. The van der Waals surface area contributed by atoms with Gasteiger partial charge in [-0.15, -0.1) is 0 Å². The third kappa shape index (κ3) is 3.07. The van der Waals surface area contributed by atoms with Crippen LogP contribution in [-0.4, -0.2) is 10.1 Å². The van der Waals surface area contributed by atoms with Gasteiger partial charge >= 0.3 is 0 Å². The molecule has 1 aromatic heterocycles. The van der Waals surface area contributed by atoms with Crippen molar-refractivity contribution in [1.29, 1.82) is 0 Å². The van der Waals surface area contributed by atoms with Gasteiger partial charge in [0.25, 0.3) is 0 Å². The third-order valence-electron chi connectivity index (χ3n) is 3.72. The maximum Gasteiger partial charge on any atom is 0.0873 e. The lowest BCUT2D eigenvalue weighted by atomic mass is 9.80. The highest BCUT2D eigenvalue weighted by Crippen LogP contribution is 2.35. The minimum atomic E-state index is -0.541. The first-order valence-corrected chi connectivity index (χ1v) is 7.09. The zero-order valence-corrected chi connectivity index (χ0v) is 12.7. The topological polar surface area (TPSA) is 33.1 Å². The van der Waals surface area contributed by atoms with Crippen molar-refractivity contribution in [3.05, 3.63) is 65.5 Å². The molecule has 0 aliphatic rings. The number of aromatic nitrogens is 1. The minimum Gasteiger partial charge on any atom is -0.388 e. The Labute approximate surface area is 121 Å². The van der Waals surface area contributed by atoms with Crippen molar-refractivity contribution in [3.63, 3.8) is 0 Å². The molecule has 2 rings (SSSR count). The molecule has 0 aliphatic heterocycles. The molecule has 106 valence electrons. The van der Waals surface area contributed by atoms with Crippen LogP contribution in [0.15, 0.2) is 48.7 Å². The van der Waals surface area contributed by atoms with E-state index in [4.69, 9.17) is 0 Å². The van der Waals surface area contributed by atoms with Gasteiger partial charge in [0.1, 0.15) is 0 Å². The molecule has 0 aliphatic carbocycles. The molecule has 1 heterocycles. The lowest BCUT2D eigenvalue weighted by molar-refractivity contribution is 0.148. The van der Waals surface area contributed by atoms with E-state index in [-0.39, 0.29) is 11.3 Å². The quantitative estimate of drug-likeness (QED) is 0.905. The van der Waals surface area contributed by atoms with E-state index in [1.807, 2.05) is 43.3 Å². The number of aliphatic hydroxyl groups excluding tert-OH is 1. The van der Waals surface area contributed by atoms with Gasteiger partial charge in [0.2, 0.25) is 0 Å². The summed E-state index contributed by atoms with van der Waals surface area (Å²) >= 11 is 0. The maximum atomic E-state index is 10.7. The van der Waals surface area contributed by atoms with E-state index >= 15 is 0 Å². The summed E-state index contributed by atoms with van der Waals surface area (Å²) < 4.78 is 0. The fraction of sp³-hybridized carbons (Fsp3) is 0.389. The second-order valence-electron chi connectivity index (χ2n) is 6.33. The molecule has 0 radical (unpaired) electrons. The van der Waals surface area contributed by atoms with Crippen LogP contribution in [0.1, 0.15) is 56.5 Å². The summed E-state index contributed by atoms with van der Waals surface area (Å²) in [6.07, 6.45) is 1.23. The van der Waals surface area contributed by atoms with Gasteiger partial charge in [-0.2, -0.15) is 0 Å². The standard InChI is InChI=1S/C18H23NO/c1-13(16-11-7-8-12-19-16)17(20)14-9-5-6-10-15(14)18(2,3)4/h5-13,17,20H,1-4H3. The highest BCUT2D eigenvalue weighted by atomic mass is 16.3. The third-order valence-corrected chi connectivity index (χ3v) is 3.72. The fourth-order valence-electron chi connectivity index (χ4n) is 2.51. The number of hydrogen-bond acceptors (Lipinski definition) is 2. The van der Waals surface area contributed by atoms with Gasteiger partial charge in [-0.25, -0.2) is 0 Å². The van der Waals surface area contributed by atoms with E-state index < -0.39 is 6.10 Å². The van der Waals surface area contributed by atoms with E-state index in [1.165, 1.54) is 5.56 Å². The Morgan fingerprint density at radius 3 is 2.25 bits per heavy atom. The molecule has 2 nitrogen and oxygen atoms in total. The molecule has 1 aromatic carbocycles. The minimum absolute atomic E-state index is 0.0153. The van der Waals surface area contributed by atoms with Crippen LogP contribution >= 0.6 is 0 Å². The predicted molar refractivity (Wildman–Crippen MR) is 82.8 cm³/mol. The van der Waals surface area contributed by atoms with Crippen LogP contribution in [0, 0.1) is 0 Å². The van der Waals surface area contributed by atoms with Crippen LogP contribution < -0.4 is 0 Å². The Hall–Kier alpha value is -1.67. The van der Waals surface area contributed by atoms with Gasteiger partial charge in [0, 0.05) is 17.8 Å². The van der Waals surface area contributed by atoms with Crippen LogP contribution in [-0.2, 0) is 5.41 Å². The summed E-state index contributed by atoms with van der Waals surface area (Å²) in [5, 5.41) is 10.7. The van der Waals surface area contributed by atoms with Crippen molar-refractivity contribution >= 4 is 0 Å². The van der Waals surface area contributed by atoms with Gasteiger partial charge in [0.15, 0.2) is 0 Å². The second kappa shape index (κ2) is 5.76. The van der Waals surface area contributed by atoms with Crippen molar-refractivity contribution < 1.29 is 5.11 Å². The summed E-state index contributed by atoms with van der Waals surface area (Å²) in [5.74, 6) is -0.0281. The molecule has 2 heteroatoms. The Morgan fingerprint density at radius 1 is 1.00 bits per heavy atom. The highest BCUT2D eigenvalue weighted by Gasteiger charge is 2.25. The van der Waals surface area contributed by atoms with Crippen molar-refractivity contribution in [2.24, 2.45) is 0 Å². The van der Waals surface area contributed by atoms with Gasteiger partial charge in [-0.3, -0.25) is 4.98 Å². The molecular formula is C18H23NO. The summed E-state index contributed by atoms with van der Waals surface area (Å²) in [6, 6.07) is 14.0. The Morgan fingerprint density at radius 2 is 1.65 bits per heavy atom.